The van der Waals surface area contributed by atoms with E-state index in [2.05, 4.69) is 5.32 Å². The normalized spacial score (nSPS) is 11.5. The van der Waals surface area contributed by atoms with Gasteiger partial charge in [-0.3, -0.25) is 9.59 Å². The number of carbonyl (C=O) groups is 2. The molecule has 3 rings (SSSR count). The third-order valence-corrected chi connectivity index (χ3v) is 4.40. The van der Waals surface area contributed by atoms with Crippen LogP contribution in [0.5, 0.6) is 5.75 Å². The molecular formula is C22H19ClN2O3. The number of primary amides is 1. The second-order valence-electron chi connectivity index (χ2n) is 6.14. The van der Waals surface area contributed by atoms with E-state index in [1.165, 1.54) is 0 Å². The molecule has 28 heavy (non-hydrogen) atoms. The van der Waals surface area contributed by atoms with Gasteiger partial charge in [0.05, 0.1) is 6.04 Å². The van der Waals surface area contributed by atoms with Crippen LogP contribution in [0.15, 0.2) is 78.9 Å². The monoisotopic (exact) mass is 394 g/mol. The lowest BCUT2D eigenvalue weighted by atomic mass is 9.99. The van der Waals surface area contributed by atoms with Crippen molar-refractivity contribution in [1.82, 2.24) is 5.32 Å². The number of hydrogen-bond acceptors (Lipinski definition) is 3. The number of rotatable bonds is 7. The highest BCUT2D eigenvalue weighted by atomic mass is 35.5. The molecule has 3 aromatic carbocycles. The predicted octanol–water partition coefficient (Wildman–Crippen LogP) is 3.72. The van der Waals surface area contributed by atoms with Crippen LogP contribution in [-0.4, -0.2) is 18.4 Å². The molecule has 0 bridgehead atoms. The maximum atomic E-state index is 12.5. The first kappa shape index (κ1) is 19.5. The van der Waals surface area contributed by atoms with Crippen LogP contribution in [0.4, 0.5) is 0 Å². The van der Waals surface area contributed by atoms with Gasteiger partial charge in [-0.25, -0.2) is 0 Å². The Hall–Kier alpha value is -3.31. The molecule has 0 radical (unpaired) electrons. The highest BCUT2D eigenvalue weighted by Gasteiger charge is 2.17. The highest BCUT2D eigenvalue weighted by Crippen LogP contribution is 2.23. The minimum atomic E-state index is -0.516. The van der Waals surface area contributed by atoms with Crippen LogP contribution in [0, 0.1) is 0 Å². The molecular weight excluding hydrogens is 376 g/mol. The van der Waals surface area contributed by atoms with Gasteiger partial charge in [-0.15, -0.1) is 0 Å². The molecule has 0 unspecified atom stereocenters. The molecule has 1 atom stereocenters. The molecule has 0 spiro atoms. The van der Waals surface area contributed by atoms with Crippen LogP contribution in [0.3, 0.4) is 0 Å². The molecule has 0 aliphatic rings. The van der Waals surface area contributed by atoms with Gasteiger partial charge >= 0.3 is 0 Å². The molecule has 0 heterocycles. The van der Waals surface area contributed by atoms with E-state index in [9.17, 15) is 9.59 Å². The smallest absolute Gasteiger partial charge is 0.258 e. The van der Waals surface area contributed by atoms with Gasteiger partial charge in [0.25, 0.3) is 5.91 Å². The number of nitrogens with two attached hydrogens (primary N) is 1. The summed E-state index contributed by atoms with van der Waals surface area (Å²) in [4.78, 5) is 23.6. The van der Waals surface area contributed by atoms with E-state index in [1.807, 2.05) is 42.5 Å². The number of halogens is 1. The molecule has 0 fully saturated rings. The van der Waals surface area contributed by atoms with Gasteiger partial charge in [0, 0.05) is 10.6 Å². The van der Waals surface area contributed by atoms with Crippen molar-refractivity contribution >= 4 is 23.4 Å². The second-order valence-corrected chi connectivity index (χ2v) is 6.58. The fourth-order valence-electron chi connectivity index (χ4n) is 2.73. The van der Waals surface area contributed by atoms with Crippen molar-refractivity contribution in [2.75, 3.05) is 6.61 Å². The second kappa shape index (κ2) is 9.06. The first-order valence-electron chi connectivity index (χ1n) is 8.65. The molecule has 0 saturated heterocycles. The summed E-state index contributed by atoms with van der Waals surface area (Å²) in [5, 5.41) is 3.62. The molecule has 5 nitrogen and oxygen atoms in total. The number of carbonyl (C=O) groups excluding carboxylic acids is 2. The van der Waals surface area contributed by atoms with Gasteiger partial charge in [0.15, 0.2) is 6.61 Å². The Labute approximate surface area is 168 Å². The van der Waals surface area contributed by atoms with E-state index < -0.39 is 5.91 Å². The van der Waals surface area contributed by atoms with Crippen molar-refractivity contribution < 1.29 is 14.3 Å². The topological polar surface area (TPSA) is 81.4 Å². The van der Waals surface area contributed by atoms with Crippen LogP contribution >= 0.6 is 11.6 Å². The maximum absolute atomic E-state index is 12.5. The maximum Gasteiger partial charge on any atom is 0.258 e. The average Bonchev–Trinajstić information content (AvgIpc) is 2.72. The minimum absolute atomic E-state index is 0.160. The van der Waals surface area contributed by atoms with Gasteiger partial charge in [-0.05, 0) is 47.5 Å². The first-order valence-corrected chi connectivity index (χ1v) is 9.03. The summed E-state index contributed by atoms with van der Waals surface area (Å²) in [6.07, 6.45) is 0. The van der Waals surface area contributed by atoms with E-state index >= 15 is 0 Å². The zero-order valence-electron chi connectivity index (χ0n) is 15.0. The van der Waals surface area contributed by atoms with E-state index in [0.717, 1.165) is 11.1 Å². The molecule has 3 N–H and O–H groups in total. The van der Waals surface area contributed by atoms with Crippen LogP contribution in [0.2, 0.25) is 5.02 Å². The SMILES string of the molecule is NC(=O)c1ccc(OCC(=O)N[C@H](c2ccccc2)c2ccc(Cl)cc2)cc1. The molecule has 0 aromatic heterocycles. The Balaban J connectivity index is 1.69. The van der Waals surface area contributed by atoms with Crippen molar-refractivity contribution in [2.45, 2.75) is 6.04 Å². The van der Waals surface area contributed by atoms with E-state index in [-0.39, 0.29) is 18.6 Å². The Morgan fingerprint density at radius 3 is 2.11 bits per heavy atom. The molecule has 142 valence electrons. The van der Waals surface area contributed by atoms with Crippen LogP contribution in [-0.2, 0) is 4.79 Å². The Morgan fingerprint density at radius 2 is 1.50 bits per heavy atom. The van der Waals surface area contributed by atoms with Gasteiger partial charge in [0.1, 0.15) is 5.75 Å². The largest absolute Gasteiger partial charge is 0.484 e. The molecule has 0 saturated carbocycles. The zero-order valence-corrected chi connectivity index (χ0v) is 15.7. The molecule has 2 amide bonds. The number of amides is 2. The predicted molar refractivity (Wildman–Crippen MR) is 108 cm³/mol. The van der Waals surface area contributed by atoms with Crippen molar-refractivity contribution in [3.8, 4) is 5.75 Å². The zero-order chi connectivity index (χ0) is 19.9. The standard InChI is InChI=1S/C22H19ClN2O3/c23-18-10-6-16(7-11-18)21(15-4-2-1-3-5-15)25-20(26)14-28-19-12-8-17(9-13-19)22(24)27/h1-13,21H,14H2,(H2,24,27)(H,25,26)/t21-/m1/s1. The van der Waals surface area contributed by atoms with Gasteiger partial charge in [0.2, 0.25) is 5.91 Å². The lowest BCUT2D eigenvalue weighted by molar-refractivity contribution is -0.123. The van der Waals surface area contributed by atoms with E-state index in [1.54, 1.807) is 36.4 Å². The minimum Gasteiger partial charge on any atom is -0.484 e. The summed E-state index contributed by atoms with van der Waals surface area (Å²) in [6.45, 7) is -0.160. The van der Waals surface area contributed by atoms with E-state index in [0.29, 0.717) is 16.3 Å². The van der Waals surface area contributed by atoms with Crippen molar-refractivity contribution in [3.63, 3.8) is 0 Å². The Morgan fingerprint density at radius 1 is 0.893 bits per heavy atom. The average molecular weight is 395 g/mol. The number of benzene rings is 3. The quantitative estimate of drug-likeness (QED) is 0.640. The van der Waals surface area contributed by atoms with Crippen LogP contribution in [0.1, 0.15) is 27.5 Å². The Kier molecular flexibility index (Phi) is 6.29. The van der Waals surface area contributed by atoms with Crippen molar-refractivity contribution in [2.24, 2.45) is 5.73 Å². The summed E-state index contributed by atoms with van der Waals surface area (Å²) >= 11 is 5.98. The van der Waals surface area contributed by atoms with Gasteiger partial charge in [-0.2, -0.15) is 0 Å². The Bertz CT molecular complexity index is 942. The first-order chi connectivity index (χ1) is 13.5. The van der Waals surface area contributed by atoms with Gasteiger partial charge < -0.3 is 15.8 Å². The molecule has 0 aliphatic heterocycles. The summed E-state index contributed by atoms with van der Waals surface area (Å²) < 4.78 is 5.51. The van der Waals surface area contributed by atoms with E-state index in [4.69, 9.17) is 22.1 Å². The van der Waals surface area contributed by atoms with Crippen LogP contribution in [0.25, 0.3) is 0 Å². The summed E-state index contributed by atoms with van der Waals surface area (Å²) in [6, 6.07) is 23.0. The number of nitrogens with one attached hydrogen (secondary N) is 1. The van der Waals surface area contributed by atoms with Gasteiger partial charge in [-0.1, -0.05) is 54.1 Å². The van der Waals surface area contributed by atoms with Crippen molar-refractivity contribution in [3.05, 3.63) is 101 Å². The third kappa shape index (κ3) is 5.11. The molecule has 6 heteroatoms. The van der Waals surface area contributed by atoms with Crippen molar-refractivity contribution in [1.29, 1.82) is 0 Å². The molecule has 3 aromatic rings. The summed E-state index contributed by atoms with van der Waals surface area (Å²) in [5.74, 6) is -0.316. The fraction of sp³-hybridized carbons (Fsp3) is 0.0909. The lowest BCUT2D eigenvalue weighted by Gasteiger charge is -2.20. The molecule has 0 aliphatic carbocycles. The highest BCUT2D eigenvalue weighted by molar-refractivity contribution is 6.30. The van der Waals surface area contributed by atoms with Crippen LogP contribution < -0.4 is 15.8 Å². The lowest BCUT2D eigenvalue weighted by Crippen LogP contribution is -2.33. The third-order valence-electron chi connectivity index (χ3n) is 4.15. The number of ether oxygens (including phenoxy) is 1. The number of hydrogen-bond donors (Lipinski definition) is 2. The summed E-state index contributed by atoms with van der Waals surface area (Å²) in [7, 11) is 0. The summed E-state index contributed by atoms with van der Waals surface area (Å²) in [5.41, 5.74) is 7.45. The fourth-order valence-corrected chi connectivity index (χ4v) is 2.85.